The van der Waals surface area contributed by atoms with Crippen molar-refractivity contribution in [2.24, 2.45) is 4.40 Å². The Morgan fingerprint density at radius 1 is 1.36 bits per heavy atom. The summed E-state index contributed by atoms with van der Waals surface area (Å²) in [6.45, 7) is -0.927. The molecule has 1 rings (SSSR count). The Kier molecular flexibility index (Phi) is 3.11. The van der Waals surface area contributed by atoms with E-state index in [0.29, 0.717) is 0 Å². The van der Waals surface area contributed by atoms with Gasteiger partial charge < -0.3 is 0 Å². The summed E-state index contributed by atoms with van der Waals surface area (Å²) in [4.78, 5) is 9.53. The third kappa shape index (κ3) is 2.04. The normalized spacial score (nSPS) is 10.6. The fourth-order valence-corrected chi connectivity index (χ4v) is 1.87. The molecule has 0 aliphatic rings. The van der Waals surface area contributed by atoms with E-state index in [1.54, 1.807) is 0 Å². The van der Waals surface area contributed by atoms with Crippen LogP contribution in [0, 0.1) is 0 Å². The number of carbonyl (C=O) groups excluding carboxylic acids is 1. The lowest BCUT2D eigenvalue weighted by atomic mass is 10.2. The molecule has 0 aliphatic heterocycles. The summed E-state index contributed by atoms with van der Waals surface area (Å²) in [6.07, 6.45) is 0.922. The number of halogens is 1. The summed E-state index contributed by atoms with van der Waals surface area (Å²) in [5.74, 6) is 0. The lowest BCUT2D eigenvalue weighted by Gasteiger charge is -2.01. The Bertz CT molecular complexity index is 477. The predicted octanol–water partition coefficient (Wildman–Crippen LogP) is 1.18. The van der Waals surface area contributed by atoms with E-state index in [9.17, 15) is 17.6 Å². The molecule has 0 aliphatic carbocycles. The van der Waals surface area contributed by atoms with E-state index in [4.69, 9.17) is 0 Å². The quantitative estimate of drug-likeness (QED) is 0.561. The average Bonchev–Trinajstić information content (AvgIpc) is 2.18. The second-order valence-electron chi connectivity index (χ2n) is 2.40. The zero-order valence-electron chi connectivity index (χ0n) is 6.97. The van der Waals surface area contributed by atoms with Crippen LogP contribution in [0.5, 0.6) is 0 Å². The standard InChI is InChI=1S/C8H6FNO3S/c9-5-7-3-1-2-4-8(7)14(12,13)10-6-11/h1-4H,5H2. The van der Waals surface area contributed by atoms with Gasteiger partial charge in [0.2, 0.25) is 0 Å². The molecule has 0 N–H and O–H groups in total. The van der Waals surface area contributed by atoms with Gasteiger partial charge in [0, 0.05) is 5.56 Å². The number of rotatable bonds is 3. The first-order valence-corrected chi connectivity index (χ1v) is 5.04. The number of hydrogen-bond donors (Lipinski definition) is 0. The topological polar surface area (TPSA) is 63.6 Å². The zero-order valence-corrected chi connectivity index (χ0v) is 7.79. The van der Waals surface area contributed by atoms with Crippen molar-refractivity contribution in [3.63, 3.8) is 0 Å². The molecule has 0 radical (unpaired) electrons. The van der Waals surface area contributed by atoms with Gasteiger partial charge in [-0.3, -0.25) is 0 Å². The van der Waals surface area contributed by atoms with E-state index in [-0.39, 0.29) is 10.5 Å². The highest BCUT2D eigenvalue weighted by Gasteiger charge is 2.16. The van der Waals surface area contributed by atoms with Crippen molar-refractivity contribution in [2.45, 2.75) is 11.6 Å². The average molecular weight is 215 g/mol. The van der Waals surface area contributed by atoms with Crippen LogP contribution in [0.4, 0.5) is 4.39 Å². The number of alkyl halides is 1. The molecule has 1 aromatic rings. The monoisotopic (exact) mass is 215 g/mol. The van der Waals surface area contributed by atoms with Crippen LogP contribution in [0.2, 0.25) is 0 Å². The van der Waals surface area contributed by atoms with Crippen molar-refractivity contribution in [2.75, 3.05) is 0 Å². The molecular formula is C8H6FNO3S. The fourth-order valence-electron chi connectivity index (χ4n) is 0.964. The number of benzene rings is 1. The van der Waals surface area contributed by atoms with Gasteiger partial charge in [-0.1, -0.05) is 22.6 Å². The van der Waals surface area contributed by atoms with E-state index in [0.717, 1.165) is 6.08 Å². The van der Waals surface area contributed by atoms with Gasteiger partial charge in [-0.25, -0.2) is 9.18 Å². The molecule has 0 saturated heterocycles. The maximum atomic E-state index is 12.4. The minimum Gasteiger partial charge on any atom is -0.246 e. The molecule has 74 valence electrons. The third-order valence-electron chi connectivity index (χ3n) is 1.55. The van der Waals surface area contributed by atoms with Gasteiger partial charge in [-0.2, -0.15) is 8.42 Å². The summed E-state index contributed by atoms with van der Waals surface area (Å²) in [6, 6.07) is 5.42. The molecule has 0 fully saturated rings. The van der Waals surface area contributed by atoms with Gasteiger partial charge in [0.25, 0.3) is 16.1 Å². The summed E-state index contributed by atoms with van der Waals surface area (Å²) in [7, 11) is -4.09. The zero-order chi connectivity index (χ0) is 10.6. The van der Waals surface area contributed by atoms with Gasteiger partial charge in [0.1, 0.15) is 6.67 Å². The van der Waals surface area contributed by atoms with Crippen LogP contribution in [0.1, 0.15) is 5.56 Å². The largest absolute Gasteiger partial charge is 0.293 e. The lowest BCUT2D eigenvalue weighted by Crippen LogP contribution is -2.00. The van der Waals surface area contributed by atoms with Gasteiger partial charge >= 0.3 is 0 Å². The molecular weight excluding hydrogens is 209 g/mol. The van der Waals surface area contributed by atoms with E-state index in [2.05, 4.69) is 4.40 Å². The summed E-state index contributed by atoms with van der Waals surface area (Å²) in [5.41, 5.74) is -0.0218. The van der Waals surface area contributed by atoms with Gasteiger partial charge in [0.05, 0.1) is 4.90 Å². The Hall–Kier alpha value is -1.52. The van der Waals surface area contributed by atoms with Crippen molar-refractivity contribution < 1.29 is 17.6 Å². The lowest BCUT2D eigenvalue weighted by molar-refractivity contribution is 0.478. The SMILES string of the molecule is O=C=NS(=O)(=O)c1ccccc1CF. The second-order valence-corrected chi connectivity index (χ2v) is 3.97. The highest BCUT2D eigenvalue weighted by atomic mass is 32.2. The van der Waals surface area contributed by atoms with E-state index >= 15 is 0 Å². The number of nitrogens with zero attached hydrogens (tertiary/aromatic N) is 1. The van der Waals surface area contributed by atoms with Crippen LogP contribution in [0.3, 0.4) is 0 Å². The molecule has 14 heavy (non-hydrogen) atoms. The molecule has 0 unspecified atom stereocenters. The van der Waals surface area contributed by atoms with Gasteiger partial charge in [-0.15, -0.1) is 0 Å². The Balaban J connectivity index is 3.39. The maximum absolute atomic E-state index is 12.4. The Morgan fingerprint density at radius 2 is 2.00 bits per heavy atom. The van der Waals surface area contributed by atoms with Gasteiger partial charge in [-0.05, 0) is 6.07 Å². The van der Waals surface area contributed by atoms with Crippen LogP contribution in [-0.4, -0.2) is 14.5 Å². The van der Waals surface area contributed by atoms with Crippen LogP contribution < -0.4 is 0 Å². The van der Waals surface area contributed by atoms with E-state index in [1.165, 1.54) is 24.3 Å². The van der Waals surface area contributed by atoms with Crippen molar-refractivity contribution >= 4 is 16.1 Å². The molecule has 0 atom stereocenters. The predicted molar refractivity (Wildman–Crippen MR) is 46.6 cm³/mol. The van der Waals surface area contributed by atoms with Crippen LogP contribution in [0.15, 0.2) is 33.6 Å². The number of hydrogen-bond acceptors (Lipinski definition) is 3. The molecule has 0 aromatic heterocycles. The van der Waals surface area contributed by atoms with Crippen LogP contribution >= 0.6 is 0 Å². The van der Waals surface area contributed by atoms with Crippen molar-refractivity contribution in [1.29, 1.82) is 0 Å². The molecule has 1 aromatic carbocycles. The highest BCUT2D eigenvalue weighted by molar-refractivity contribution is 7.90. The molecule has 6 heteroatoms. The summed E-state index contributed by atoms with van der Waals surface area (Å²) in [5, 5.41) is 0. The van der Waals surface area contributed by atoms with Crippen molar-refractivity contribution in [1.82, 2.24) is 0 Å². The van der Waals surface area contributed by atoms with Crippen LogP contribution in [-0.2, 0) is 21.5 Å². The van der Waals surface area contributed by atoms with Crippen molar-refractivity contribution in [3.8, 4) is 0 Å². The first-order chi connectivity index (χ1) is 6.61. The molecule has 0 heterocycles. The summed E-state index contributed by atoms with van der Waals surface area (Å²) >= 11 is 0. The molecule has 0 bridgehead atoms. The van der Waals surface area contributed by atoms with Gasteiger partial charge in [0.15, 0.2) is 0 Å². The minimum absolute atomic E-state index is 0.0218. The minimum atomic E-state index is -4.09. The third-order valence-corrected chi connectivity index (χ3v) is 2.82. The smallest absolute Gasteiger partial charge is 0.246 e. The molecule has 0 spiro atoms. The number of sulfonamides is 1. The molecule has 0 amide bonds. The molecule has 4 nitrogen and oxygen atoms in total. The number of isocyanates is 1. The molecule has 0 saturated carbocycles. The Labute approximate surface area is 80.1 Å². The van der Waals surface area contributed by atoms with E-state index in [1.807, 2.05) is 0 Å². The van der Waals surface area contributed by atoms with E-state index < -0.39 is 16.7 Å². The van der Waals surface area contributed by atoms with Crippen LogP contribution in [0.25, 0.3) is 0 Å². The first-order valence-electron chi connectivity index (χ1n) is 3.60. The van der Waals surface area contributed by atoms with Crippen molar-refractivity contribution in [3.05, 3.63) is 29.8 Å². The Morgan fingerprint density at radius 3 is 2.57 bits per heavy atom. The summed E-state index contributed by atoms with van der Waals surface area (Å²) < 4.78 is 37.4. The fraction of sp³-hybridized carbons (Fsp3) is 0.125. The second kappa shape index (κ2) is 4.13. The first kappa shape index (κ1) is 10.6. The maximum Gasteiger partial charge on any atom is 0.293 e. The highest BCUT2D eigenvalue weighted by Crippen LogP contribution is 2.18.